The number of rotatable bonds is 5. The molecule has 0 aliphatic rings. The van der Waals surface area contributed by atoms with E-state index in [0.29, 0.717) is 11.3 Å². The molecule has 0 fully saturated rings. The van der Waals surface area contributed by atoms with E-state index < -0.39 is 23.9 Å². The van der Waals surface area contributed by atoms with Crippen molar-refractivity contribution in [2.24, 2.45) is 0 Å². The van der Waals surface area contributed by atoms with Crippen molar-refractivity contribution in [3.05, 3.63) is 28.0 Å². The molecule has 20 heavy (non-hydrogen) atoms. The highest BCUT2D eigenvalue weighted by Gasteiger charge is 2.20. The minimum atomic E-state index is -1.21. The van der Waals surface area contributed by atoms with Crippen LogP contribution in [0.15, 0.2) is 16.6 Å². The van der Waals surface area contributed by atoms with Crippen molar-refractivity contribution in [2.75, 3.05) is 19.0 Å². The van der Waals surface area contributed by atoms with Crippen LogP contribution in [0, 0.1) is 12.7 Å². The topological polar surface area (TPSA) is 87.7 Å². The first kappa shape index (κ1) is 16.4. The summed E-state index contributed by atoms with van der Waals surface area (Å²) in [6.45, 7) is 1.46. The summed E-state index contributed by atoms with van der Waals surface area (Å²) in [7, 11) is 1.33. The quantitative estimate of drug-likeness (QED) is 0.760. The molecule has 1 aromatic carbocycles. The van der Waals surface area contributed by atoms with Crippen LogP contribution in [0.3, 0.4) is 0 Å². The molecule has 3 N–H and O–H groups in total. The van der Waals surface area contributed by atoms with Crippen LogP contribution in [0.25, 0.3) is 0 Å². The molecule has 1 unspecified atom stereocenters. The zero-order valence-electron chi connectivity index (χ0n) is 10.9. The predicted octanol–water partition coefficient (Wildman–Crippen LogP) is 2.12. The summed E-state index contributed by atoms with van der Waals surface area (Å²) in [6, 6.07) is 0.778. The minimum Gasteiger partial charge on any atom is -0.480 e. The first-order valence-corrected chi connectivity index (χ1v) is 6.39. The number of hydrogen-bond acceptors (Lipinski definition) is 3. The van der Waals surface area contributed by atoms with E-state index in [1.807, 2.05) is 0 Å². The predicted molar refractivity (Wildman–Crippen MR) is 74.3 cm³/mol. The number of amides is 2. The molecule has 8 heteroatoms. The fourth-order valence-corrected chi connectivity index (χ4v) is 1.78. The van der Waals surface area contributed by atoms with E-state index in [4.69, 9.17) is 9.84 Å². The number of methoxy groups -OCH3 is 1. The van der Waals surface area contributed by atoms with Gasteiger partial charge in [0.25, 0.3) is 0 Å². The summed E-state index contributed by atoms with van der Waals surface area (Å²) in [5, 5.41) is 13.6. The Bertz CT molecular complexity index is 524. The highest BCUT2D eigenvalue weighted by atomic mass is 79.9. The molecular formula is C12H14BrFN2O4. The summed E-state index contributed by atoms with van der Waals surface area (Å²) in [6.07, 6.45) is 0. The SMILES string of the molecule is COCC(NC(=O)Nc1cc(Br)c(F)cc1C)C(=O)O. The Labute approximate surface area is 123 Å². The third-order valence-corrected chi connectivity index (χ3v) is 3.06. The number of carboxylic acids is 1. The maximum Gasteiger partial charge on any atom is 0.328 e. The molecule has 0 spiro atoms. The standard InChI is InChI=1S/C12H14BrFN2O4/c1-6-3-8(14)7(13)4-9(6)15-12(19)16-10(5-20-2)11(17)18/h3-4,10H,5H2,1-2H3,(H,17,18)(H2,15,16,19). The maximum atomic E-state index is 13.2. The van der Waals surface area contributed by atoms with Gasteiger partial charge in [-0.2, -0.15) is 0 Å². The summed E-state index contributed by atoms with van der Waals surface area (Å²) < 4.78 is 18.1. The second-order valence-corrected chi connectivity index (χ2v) is 4.88. The molecule has 1 aromatic rings. The highest BCUT2D eigenvalue weighted by molar-refractivity contribution is 9.10. The lowest BCUT2D eigenvalue weighted by Crippen LogP contribution is -2.45. The van der Waals surface area contributed by atoms with E-state index in [-0.39, 0.29) is 11.1 Å². The fourth-order valence-electron chi connectivity index (χ4n) is 1.44. The summed E-state index contributed by atoms with van der Waals surface area (Å²) >= 11 is 3.01. The number of nitrogens with one attached hydrogen (secondary N) is 2. The van der Waals surface area contributed by atoms with Crippen molar-refractivity contribution in [2.45, 2.75) is 13.0 Å². The van der Waals surface area contributed by atoms with Gasteiger partial charge in [0.1, 0.15) is 5.82 Å². The summed E-state index contributed by atoms with van der Waals surface area (Å²) in [5.74, 6) is -1.66. The molecule has 1 atom stereocenters. The second-order valence-electron chi connectivity index (χ2n) is 4.03. The normalized spacial score (nSPS) is 11.8. The van der Waals surface area contributed by atoms with Crippen LogP contribution in [0.1, 0.15) is 5.56 Å². The van der Waals surface area contributed by atoms with E-state index in [1.165, 1.54) is 19.2 Å². The van der Waals surface area contributed by atoms with E-state index in [2.05, 4.69) is 26.6 Å². The number of carbonyl (C=O) groups excluding carboxylic acids is 1. The number of halogens is 2. The van der Waals surface area contributed by atoms with Gasteiger partial charge < -0.3 is 20.5 Å². The molecule has 0 heterocycles. The number of ether oxygens (including phenoxy) is 1. The molecule has 0 aliphatic heterocycles. The molecule has 0 saturated carbocycles. The fraction of sp³-hybridized carbons (Fsp3) is 0.333. The van der Waals surface area contributed by atoms with Gasteiger partial charge in [0.15, 0.2) is 6.04 Å². The van der Waals surface area contributed by atoms with E-state index >= 15 is 0 Å². The smallest absolute Gasteiger partial charge is 0.328 e. The van der Waals surface area contributed by atoms with Gasteiger partial charge >= 0.3 is 12.0 Å². The van der Waals surface area contributed by atoms with Crippen molar-refractivity contribution in [3.63, 3.8) is 0 Å². The van der Waals surface area contributed by atoms with Gasteiger partial charge in [-0.25, -0.2) is 14.0 Å². The first-order valence-electron chi connectivity index (χ1n) is 5.60. The van der Waals surface area contributed by atoms with Crippen LogP contribution in [-0.4, -0.2) is 36.9 Å². The van der Waals surface area contributed by atoms with Crippen molar-refractivity contribution < 1.29 is 23.8 Å². The lowest BCUT2D eigenvalue weighted by Gasteiger charge is -2.15. The number of carboxylic acid groups (broad SMARTS) is 1. The Hall–Kier alpha value is -1.67. The number of hydrogen-bond donors (Lipinski definition) is 3. The number of urea groups is 1. The van der Waals surface area contributed by atoms with Gasteiger partial charge in [-0.15, -0.1) is 0 Å². The third-order valence-electron chi connectivity index (χ3n) is 2.45. The van der Waals surface area contributed by atoms with E-state index in [0.717, 1.165) is 0 Å². The molecule has 2 amide bonds. The molecule has 0 saturated heterocycles. The average Bonchev–Trinajstić information content (AvgIpc) is 2.35. The van der Waals surface area contributed by atoms with Crippen molar-refractivity contribution >= 4 is 33.6 Å². The summed E-state index contributed by atoms with van der Waals surface area (Å²) in [4.78, 5) is 22.6. The Kier molecular flexibility index (Phi) is 5.90. The van der Waals surface area contributed by atoms with Crippen molar-refractivity contribution in [1.82, 2.24) is 5.32 Å². The van der Waals surface area contributed by atoms with Gasteiger partial charge in [-0.3, -0.25) is 0 Å². The lowest BCUT2D eigenvalue weighted by atomic mass is 10.2. The monoisotopic (exact) mass is 348 g/mol. The van der Waals surface area contributed by atoms with Crippen LogP contribution < -0.4 is 10.6 Å². The Morgan fingerprint density at radius 2 is 2.15 bits per heavy atom. The molecule has 0 radical (unpaired) electrons. The Balaban J connectivity index is 2.75. The van der Waals surface area contributed by atoms with Crippen LogP contribution in [0.5, 0.6) is 0 Å². The molecule has 6 nitrogen and oxygen atoms in total. The molecule has 0 aliphatic carbocycles. The van der Waals surface area contributed by atoms with Crippen LogP contribution in [0.4, 0.5) is 14.9 Å². The largest absolute Gasteiger partial charge is 0.480 e. The Morgan fingerprint density at radius 3 is 2.70 bits per heavy atom. The molecule has 0 aromatic heterocycles. The first-order chi connectivity index (χ1) is 9.35. The molecule has 110 valence electrons. The highest BCUT2D eigenvalue weighted by Crippen LogP contribution is 2.24. The zero-order valence-corrected chi connectivity index (χ0v) is 12.5. The Morgan fingerprint density at radius 1 is 1.50 bits per heavy atom. The second kappa shape index (κ2) is 7.20. The van der Waals surface area contributed by atoms with Crippen LogP contribution in [0.2, 0.25) is 0 Å². The minimum absolute atomic E-state index is 0.158. The van der Waals surface area contributed by atoms with Gasteiger partial charge in [0.05, 0.1) is 11.1 Å². The molecular weight excluding hydrogens is 335 g/mol. The van der Waals surface area contributed by atoms with Crippen molar-refractivity contribution in [1.29, 1.82) is 0 Å². The lowest BCUT2D eigenvalue weighted by molar-refractivity contribution is -0.140. The van der Waals surface area contributed by atoms with Crippen molar-refractivity contribution in [3.8, 4) is 0 Å². The molecule has 0 bridgehead atoms. The zero-order chi connectivity index (χ0) is 15.3. The van der Waals surface area contributed by atoms with Gasteiger partial charge in [-0.1, -0.05) is 0 Å². The van der Waals surface area contributed by atoms with Crippen LogP contribution in [-0.2, 0) is 9.53 Å². The van der Waals surface area contributed by atoms with E-state index in [1.54, 1.807) is 6.92 Å². The third kappa shape index (κ3) is 4.46. The average molecular weight is 349 g/mol. The van der Waals surface area contributed by atoms with Crippen LogP contribution >= 0.6 is 15.9 Å². The van der Waals surface area contributed by atoms with Gasteiger partial charge in [0, 0.05) is 12.8 Å². The number of benzene rings is 1. The number of anilines is 1. The van der Waals surface area contributed by atoms with E-state index in [9.17, 15) is 14.0 Å². The number of aliphatic carboxylic acids is 1. The van der Waals surface area contributed by atoms with Gasteiger partial charge in [-0.05, 0) is 40.5 Å². The summed E-state index contributed by atoms with van der Waals surface area (Å²) in [5.41, 5.74) is 0.886. The maximum absolute atomic E-state index is 13.2. The van der Waals surface area contributed by atoms with Gasteiger partial charge in [0.2, 0.25) is 0 Å². The number of carbonyl (C=O) groups is 2. The number of aryl methyl sites for hydroxylation is 1. The molecule has 1 rings (SSSR count).